The van der Waals surface area contributed by atoms with E-state index in [2.05, 4.69) is 31.0 Å². The highest BCUT2D eigenvalue weighted by atomic mass is 79.9. The minimum Gasteiger partial charge on any atom is -0.249 e. The molecule has 0 aliphatic heterocycles. The topological polar surface area (TPSA) is 43.6 Å². The lowest BCUT2D eigenvalue weighted by Gasteiger charge is -1.94. The molecule has 68 valence electrons. The van der Waals surface area contributed by atoms with E-state index in [0.29, 0.717) is 20.8 Å². The normalized spacial score (nSPS) is 11.1. The lowest BCUT2D eigenvalue weighted by Crippen LogP contribution is -1.93. The number of nitrogens with zero attached hydrogens (tertiary/aromatic N) is 4. The molecule has 0 spiro atoms. The van der Waals surface area contributed by atoms with Crippen LogP contribution in [0.25, 0.3) is 11.0 Å². The molecule has 0 aliphatic carbocycles. The quantitative estimate of drug-likeness (QED) is 0.550. The van der Waals surface area contributed by atoms with Gasteiger partial charge in [0.15, 0.2) is 5.65 Å². The van der Waals surface area contributed by atoms with Gasteiger partial charge in [-0.2, -0.15) is 10.1 Å². The molecule has 0 atom stereocenters. The predicted octanol–water partition coefficient (Wildman–Crippen LogP) is 2.43. The van der Waals surface area contributed by atoms with Gasteiger partial charge in [-0.05, 0) is 27.5 Å². The molecule has 7 heteroatoms. The van der Waals surface area contributed by atoms with Crippen LogP contribution in [0.5, 0.6) is 0 Å². The molecule has 0 radical (unpaired) electrons. The Morgan fingerprint density at radius 3 is 2.69 bits per heavy atom. The lowest BCUT2D eigenvalue weighted by atomic mass is 10.4. The molecule has 2 rings (SSSR count). The highest BCUT2D eigenvalue weighted by Crippen LogP contribution is 2.28. The van der Waals surface area contributed by atoms with Crippen molar-refractivity contribution in [1.82, 2.24) is 19.7 Å². The van der Waals surface area contributed by atoms with Crippen LogP contribution in [0, 0.1) is 0 Å². The Morgan fingerprint density at radius 1 is 1.31 bits per heavy atom. The fraction of sp³-hybridized carbons (Fsp3) is 0.167. The second kappa shape index (κ2) is 3.08. The fourth-order valence-corrected chi connectivity index (χ4v) is 2.22. The molecular weight excluding hydrogens is 279 g/mol. The Morgan fingerprint density at radius 2 is 2.00 bits per heavy atom. The summed E-state index contributed by atoms with van der Waals surface area (Å²) < 4.78 is 2.20. The van der Waals surface area contributed by atoms with Gasteiger partial charge in [0.05, 0.1) is 5.39 Å². The molecule has 2 heterocycles. The summed E-state index contributed by atoms with van der Waals surface area (Å²) in [5, 5.41) is 5.17. The summed E-state index contributed by atoms with van der Waals surface area (Å²) in [5.41, 5.74) is 0.608. The molecule has 2 aromatic heterocycles. The molecule has 0 aromatic carbocycles. The first-order chi connectivity index (χ1) is 6.09. The first kappa shape index (κ1) is 9.18. The summed E-state index contributed by atoms with van der Waals surface area (Å²) in [6.45, 7) is 0. The smallest absolute Gasteiger partial charge is 0.225 e. The average molecular weight is 282 g/mol. The van der Waals surface area contributed by atoms with Crippen LogP contribution in [0.2, 0.25) is 10.4 Å². The Balaban J connectivity index is 2.97. The molecular formula is C6H3BrCl2N4. The van der Waals surface area contributed by atoms with Crippen molar-refractivity contribution in [3.05, 3.63) is 15.0 Å². The number of aromatic nitrogens is 4. The van der Waals surface area contributed by atoms with Gasteiger partial charge in [0.25, 0.3) is 0 Å². The number of fused-ring (bicyclic) bond motifs is 1. The summed E-state index contributed by atoms with van der Waals surface area (Å²) in [4.78, 5) is 7.81. The SMILES string of the molecule is Cn1nc(Br)c2c(Cl)nc(Cl)nc21. The maximum Gasteiger partial charge on any atom is 0.225 e. The second-order valence-corrected chi connectivity index (χ2v) is 3.84. The highest BCUT2D eigenvalue weighted by Gasteiger charge is 2.13. The van der Waals surface area contributed by atoms with Crippen LogP contribution in [0.1, 0.15) is 0 Å². The number of aryl methyl sites for hydroxylation is 1. The maximum absolute atomic E-state index is 5.86. The lowest BCUT2D eigenvalue weighted by molar-refractivity contribution is 0.777. The van der Waals surface area contributed by atoms with Gasteiger partial charge in [-0.1, -0.05) is 11.6 Å². The van der Waals surface area contributed by atoms with E-state index in [1.807, 2.05) is 0 Å². The van der Waals surface area contributed by atoms with E-state index >= 15 is 0 Å². The standard InChI is InChI=1S/C6H3BrCl2N4/c1-13-5-2(3(7)12-13)4(8)10-6(9)11-5/h1H3. The minimum absolute atomic E-state index is 0.119. The van der Waals surface area contributed by atoms with Crippen LogP contribution < -0.4 is 0 Å². The first-order valence-electron chi connectivity index (χ1n) is 3.31. The average Bonchev–Trinajstić information content (AvgIpc) is 2.27. The molecule has 0 saturated heterocycles. The zero-order chi connectivity index (χ0) is 9.59. The van der Waals surface area contributed by atoms with E-state index in [1.165, 1.54) is 0 Å². The van der Waals surface area contributed by atoms with Crippen molar-refractivity contribution in [3.63, 3.8) is 0 Å². The van der Waals surface area contributed by atoms with Gasteiger partial charge in [-0.25, -0.2) is 9.67 Å². The molecule has 0 unspecified atom stereocenters. The summed E-state index contributed by atoms with van der Waals surface area (Å²) >= 11 is 14.8. The fourth-order valence-electron chi connectivity index (χ4n) is 1.04. The van der Waals surface area contributed by atoms with Gasteiger partial charge >= 0.3 is 0 Å². The van der Waals surface area contributed by atoms with Crippen molar-refractivity contribution < 1.29 is 0 Å². The van der Waals surface area contributed by atoms with Crippen molar-refractivity contribution in [3.8, 4) is 0 Å². The number of rotatable bonds is 0. The van der Waals surface area contributed by atoms with Crippen LogP contribution in [0.15, 0.2) is 4.60 Å². The van der Waals surface area contributed by atoms with Crippen LogP contribution in [0.3, 0.4) is 0 Å². The Hall–Kier alpha value is -0.390. The van der Waals surface area contributed by atoms with Crippen molar-refractivity contribution in [2.24, 2.45) is 7.05 Å². The van der Waals surface area contributed by atoms with Crippen molar-refractivity contribution in [1.29, 1.82) is 0 Å². The van der Waals surface area contributed by atoms with Gasteiger partial charge in [-0.3, -0.25) is 0 Å². The molecule has 0 saturated carbocycles. The summed E-state index contributed by atoms with van der Waals surface area (Å²) in [6.07, 6.45) is 0. The number of hydrogen-bond acceptors (Lipinski definition) is 3. The van der Waals surface area contributed by atoms with Gasteiger partial charge in [-0.15, -0.1) is 0 Å². The number of hydrogen-bond donors (Lipinski definition) is 0. The van der Waals surface area contributed by atoms with E-state index < -0.39 is 0 Å². The van der Waals surface area contributed by atoms with Gasteiger partial charge in [0.1, 0.15) is 9.76 Å². The summed E-state index contributed by atoms with van der Waals surface area (Å²) in [6, 6.07) is 0. The molecule has 4 nitrogen and oxygen atoms in total. The van der Waals surface area contributed by atoms with Crippen LogP contribution >= 0.6 is 39.1 Å². The van der Waals surface area contributed by atoms with Crippen LogP contribution in [0.4, 0.5) is 0 Å². The molecule has 0 amide bonds. The van der Waals surface area contributed by atoms with E-state index in [4.69, 9.17) is 23.2 Å². The van der Waals surface area contributed by atoms with Crippen molar-refractivity contribution >= 4 is 50.2 Å². The summed E-state index contributed by atoms with van der Waals surface area (Å²) in [7, 11) is 1.76. The molecule has 0 aliphatic rings. The molecule has 0 N–H and O–H groups in total. The zero-order valence-electron chi connectivity index (χ0n) is 6.42. The number of halogens is 3. The summed E-state index contributed by atoms with van der Waals surface area (Å²) in [5.74, 6) is 0. The third-order valence-corrected chi connectivity index (χ3v) is 2.57. The third-order valence-electron chi connectivity index (χ3n) is 1.57. The van der Waals surface area contributed by atoms with Gasteiger partial charge in [0.2, 0.25) is 5.28 Å². The van der Waals surface area contributed by atoms with E-state index in [9.17, 15) is 0 Å². The van der Waals surface area contributed by atoms with Crippen molar-refractivity contribution in [2.45, 2.75) is 0 Å². The predicted molar refractivity (Wildman–Crippen MR) is 54.0 cm³/mol. The Kier molecular flexibility index (Phi) is 2.17. The monoisotopic (exact) mass is 280 g/mol. The van der Waals surface area contributed by atoms with Gasteiger partial charge in [0, 0.05) is 7.05 Å². The Labute approximate surface area is 92.0 Å². The Bertz CT molecular complexity index is 481. The van der Waals surface area contributed by atoms with E-state index in [-0.39, 0.29) is 5.28 Å². The third kappa shape index (κ3) is 1.41. The van der Waals surface area contributed by atoms with E-state index in [1.54, 1.807) is 11.7 Å². The first-order valence-corrected chi connectivity index (χ1v) is 4.85. The van der Waals surface area contributed by atoms with Gasteiger partial charge < -0.3 is 0 Å². The van der Waals surface area contributed by atoms with Crippen LogP contribution in [-0.4, -0.2) is 19.7 Å². The largest absolute Gasteiger partial charge is 0.249 e. The zero-order valence-corrected chi connectivity index (χ0v) is 9.52. The molecule has 0 fully saturated rings. The van der Waals surface area contributed by atoms with E-state index in [0.717, 1.165) is 0 Å². The molecule has 0 bridgehead atoms. The van der Waals surface area contributed by atoms with Crippen LogP contribution in [-0.2, 0) is 7.05 Å². The molecule has 13 heavy (non-hydrogen) atoms. The molecule has 2 aromatic rings. The van der Waals surface area contributed by atoms with Crippen molar-refractivity contribution in [2.75, 3.05) is 0 Å². The minimum atomic E-state index is 0.119. The second-order valence-electron chi connectivity index (χ2n) is 2.40. The maximum atomic E-state index is 5.86. The highest BCUT2D eigenvalue weighted by molar-refractivity contribution is 9.10.